The third-order valence-corrected chi connectivity index (χ3v) is 6.02. The molecule has 142 valence electrons. The fourth-order valence-electron chi connectivity index (χ4n) is 3.74. The van der Waals surface area contributed by atoms with Crippen molar-refractivity contribution in [1.82, 2.24) is 0 Å². The summed E-state index contributed by atoms with van der Waals surface area (Å²) >= 11 is 2.25. The number of anilines is 1. The summed E-state index contributed by atoms with van der Waals surface area (Å²) in [6.07, 6.45) is 0. The van der Waals surface area contributed by atoms with Gasteiger partial charge in [-0.1, -0.05) is 103 Å². The van der Waals surface area contributed by atoms with Crippen LogP contribution in [0.25, 0.3) is 0 Å². The molecule has 0 aromatic heterocycles. The lowest BCUT2D eigenvalue weighted by molar-refractivity contribution is -0.119. The first kappa shape index (κ1) is 19.4. The van der Waals surface area contributed by atoms with Crippen LogP contribution in [-0.2, 0) is 10.2 Å². The van der Waals surface area contributed by atoms with Crippen LogP contribution in [0.4, 0.5) is 5.69 Å². The van der Waals surface area contributed by atoms with Crippen LogP contribution >= 0.6 is 22.6 Å². The first-order valence-electron chi connectivity index (χ1n) is 9.45. The van der Waals surface area contributed by atoms with Crippen molar-refractivity contribution in [2.75, 3.05) is 5.32 Å². The number of rotatable bonds is 5. The van der Waals surface area contributed by atoms with E-state index < -0.39 is 5.41 Å². The highest BCUT2D eigenvalue weighted by Gasteiger charge is 2.43. The zero-order chi connectivity index (χ0) is 20.1. The van der Waals surface area contributed by atoms with Crippen LogP contribution in [0.3, 0.4) is 0 Å². The molecule has 0 radical (unpaired) electrons. The summed E-state index contributed by atoms with van der Waals surface area (Å²) in [5.41, 5.74) is 2.63. The van der Waals surface area contributed by atoms with Gasteiger partial charge in [-0.2, -0.15) is 0 Å². The van der Waals surface area contributed by atoms with E-state index in [9.17, 15) is 4.79 Å². The lowest BCUT2D eigenvalue weighted by atomic mass is 9.68. The van der Waals surface area contributed by atoms with E-state index in [0.29, 0.717) is 0 Å². The van der Waals surface area contributed by atoms with Gasteiger partial charge >= 0.3 is 0 Å². The predicted molar refractivity (Wildman–Crippen MR) is 127 cm³/mol. The lowest BCUT2D eigenvalue weighted by Crippen LogP contribution is -2.42. The number of carbonyl (C=O) groups excluding carboxylic acids is 1. The van der Waals surface area contributed by atoms with E-state index in [1.165, 1.54) is 0 Å². The Hall–Kier alpha value is -2.92. The summed E-state index contributed by atoms with van der Waals surface area (Å²) in [4.78, 5) is 14.1. The Morgan fingerprint density at radius 3 is 1.38 bits per heavy atom. The molecule has 0 fully saturated rings. The smallest absolute Gasteiger partial charge is 0.244 e. The number of nitrogens with one attached hydrogen (secondary N) is 1. The van der Waals surface area contributed by atoms with Crippen molar-refractivity contribution in [3.8, 4) is 0 Å². The van der Waals surface area contributed by atoms with Crippen LogP contribution in [0, 0.1) is 3.57 Å². The predicted octanol–water partition coefficient (Wildman–Crippen LogP) is 6.26. The molecule has 29 heavy (non-hydrogen) atoms. The van der Waals surface area contributed by atoms with Gasteiger partial charge in [-0.05, 0) is 51.4 Å². The molecule has 0 saturated carbocycles. The van der Waals surface area contributed by atoms with Gasteiger partial charge in [0.15, 0.2) is 0 Å². The Bertz CT molecular complexity index is 998. The van der Waals surface area contributed by atoms with Crippen LogP contribution in [0.1, 0.15) is 16.7 Å². The van der Waals surface area contributed by atoms with E-state index in [-0.39, 0.29) is 5.91 Å². The topological polar surface area (TPSA) is 29.1 Å². The first-order valence-corrected chi connectivity index (χ1v) is 10.5. The normalized spacial score (nSPS) is 11.1. The van der Waals surface area contributed by atoms with Crippen molar-refractivity contribution in [3.63, 3.8) is 0 Å². The summed E-state index contributed by atoms with van der Waals surface area (Å²) in [6, 6.07) is 37.8. The average Bonchev–Trinajstić information content (AvgIpc) is 2.78. The maximum Gasteiger partial charge on any atom is 0.244 e. The number of carbonyl (C=O) groups is 1. The van der Waals surface area contributed by atoms with Crippen LogP contribution in [0.2, 0.25) is 0 Å². The largest absolute Gasteiger partial charge is 0.324 e. The van der Waals surface area contributed by atoms with Crippen molar-refractivity contribution >= 4 is 34.2 Å². The molecule has 3 heteroatoms. The molecule has 1 N–H and O–H groups in total. The Labute approximate surface area is 184 Å². The molecule has 0 atom stereocenters. The van der Waals surface area contributed by atoms with E-state index in [0.717, 1.165) is 25.9 Å². The summed E-state index contributed by atoms with van der Waals surface area (Å²) in [5.74, 6) is -0.0785. The van der Waals surface area contributed by atoms with E-state index in [1.807, 2.05) is 115 Å². The van der Waals surface area contributed by atoms with Gasteiger partial charge in [0.1, 0.15) is 5.41 Å². The number of para-hydroxylation sites is 1. The summed E-state index contributed by atoms with van der Waals surface area (Å²) in [7, 11) is 0. The minimum Gasteiger partial charge on any atom is -0.324 e. The van der Waals surface area contributed by atoms with Crippen molar-refractivity contribution in [2.24, 2.45) is 0 Å². The Morgan fingerprint density at radius 2 is 0.966 bits per heavy atom. The number of hydrogen-bond acceptors (Lipinski definition) is 1. The van der Waals surface area contributed by atoms with E-state index in [1.54, 1.807) is 0 Å². The van der Waals surface area contributed by atoms with Gasteiger partial charge in [0, 0.05) is 3.57 Å². The van der Waals surface area contributed by atoms with Crippen molar-refractivity contribution in [1.29, 1.82) is 0 Å². The fourth-order valence-corrected chi connectivity index (χ4v) is 4.26. The summed E-state index contributed by atoms with van der Waals surface area (Å²) < 4.78 is 1.00. The summed E-state index contributed by atoms with van der Waals surface area (Å²) in [6.45, 7) is 0. The molecule has 0 unspecified atom stereocenters. The second kappa shape index (κ2) is 8.62. The average molecular weight is 489 g/mol. The third-order valence-electron chi connectivity index (χ3n) is 5.08. The molecule has 4 aromatic carbocycles. The molecule has 1 amide bonds. The molecular weight excluding hydrogens is 469 g/mol. The lowest BCUT2D eigenvalue weighted by Gasteiger charge is -2.34. The molecule has 4 rings (SSSR count). The Balaban J connectivity index is 1.97. The maximum atomic E-state index is 14.1. The second-order valence-corrected chi connectivity index (χ2v) is 7.94. The van der Waals surface area contributed by atoms with Gasteiger partial charge in [0.05, 0.1) is 5.69 Å². The van der Waals surface area contributed by atoms with E-state index in [2.05, 4.69) is 27.9 Å². The standard InChI is InChI=1S/C26H20INO/c27-23-18-10-11-19-24(23)28-25(29)26(20-12-4-1-5-13-20,21-14-6-2-7-15-21)22-16-8-3-9-17-22/h1-19H,(H,28,29). The van der Waals surface area contributed by atoms with E-state index >= 15 is 0 Å². The second-order valence-electron chi connectivity index (χ2n) is 6.78. The minimum absolute atomic E-state index is 0.0785. The SMILES string of the molecule is O=C(Nc1ccccc1I)C(c1ccccc1)(c1ccccc1)c1ccccc1. The van der Waals surface area contributed by atoms with Gasteiger partial charge in [-0.25, -0.2) is 0 Å². The Morgan fingerprint density at radius 1 is 0.586 bits per heavy atom. The van der Waals surface area contributed by atoms with Gasteiger partial charge in [0.25, 0.3) is 0 Å². The first-order chi connectivity index (χ1) is 14.2. The zero-order valence-electron chi connectivity index (χ0n) is 15.8. The van der Waals surface area contributed by atoms with Crippen LogP contribution < -0.4 is 5.32 Å². The molecule has 0 bridgehead atoms. The van der Waals surface area contributed by atoms with E-state index in [4.69, 9.17) is 0 Å². The van der Waals surface area contributed by atoms with Gasteiger partial charge in [0.2, 0.25) is 5.91 Å². The van der Waals surface area contributed by atoms with Crippen molar-refractivity contribution < 1.29 is 4.79 Å². The van der Waals surface area contributed by atoms with Crippen molar-refractivity contribution in [2.45, 2.75) is 5.41 Å². The number of halogens is 1. The zero-order valence-corrected chi connectivity index (χ0v) is 17.9. The highest BCUT2D eigenvalue weighted by Crippen LogP contribution is 2.40. The minimum atomic E-state index is -0.970. The van der Waals surface area contributed by atoms with Gasteiger partial charge in [-0.15, -0.1) is 0 Å². The highest BCUT2D eigenvalue weighted by molar-refractivity contribution is 14.1. The number of hydrogen-bond donors (Lipinski definition) is 1. The fraction of sp³-hybridized carbons (Fsp3) is 0.0385. The van der Waals surface area contributed by atoms with Crippen molar-refractivity contribution in [3.05, 3.63) is 136 Å². The number of benzene rings is 4. The molecule has 0 aliphatic heterocycles. The highest BCUT2D eigenvalue weighted by atomic mass is 127. The molecule has 4 aromatic rings. The summed E-state index contributed by atoms with van der Waals surface area (Å²) in [5, 5.41) is 3.20. The van der Waals surface area contributed by atoms with Gasteiger partial charge in [-0.3, -0.25) is 4.79 Å². The van der Waals surface area contributed by atoms with Crippen LogP contribution in [0.15, 0.2) is 115 Å². The molecule has 0 heterocycles. The molecule has 2 nitrogen and oxygen atoms in total. The molecule has 0 spiro atoms. The van der Waals surface area contributed by atoms with Gasteiger partial charge < -0.3 is 5.32 Å². The van der Waals surface area contributed by atoms with Crippen LogP contribution in [-0.4, -0.2) is 5.91 Å². The third kappa shape index (κ3) is 3.70. The molecule has 0 saturated heterocycles. The molecular formula is C26H20INO. The molecule has 0 aliphatic carbocycles. The monoisotopic (exact) mass is 489 g/mol. The van der Waals surface area contributed by atoms with Crippen LogP contribution in [0.5, 0.6) is 0 Å². The molecule has 0 aliphatic rings. The Kier molecular flexibility index (Phi) is 5.76. The number of amides is 1. The maximum absolute atomic E-state index is 14.1. The quantitative estimate of drug-likeness (QED) is 0.260.